The van der Waals surface area contributed by atoms with Crippen molar-refractivity contribution in [3.05, 3.63) is 52.8 Å². The highest BCUT2D eigenvalue weighted by Gasteiger charge is 2.22. The Hall–Kier alpha value is -1.94. The van der Waals surface area contributed by atoms with Crippen LogP contribution in [0.25, 0.3) is 0 Å². The molecule has 0 unspecified atom stereocenters. The fourth-order valence-electron chi connectivity index (χ4n) is 2.40. The molecule has 2 aromatic rings. The van der Waals surface area contributed by atoms with Gasteiger partial charge in [-0.15, -0.1) is 0 Å². The lowest BCUT2D eigenvalue weighted by Gasteiger charge is -2.20. The topological polar surface area (TPSA) is 34.5 Å². The Labute approximate surface area is 122 Å². The zero-order valence-electron chi connectivity index (χ0n) is 11.2. The first-order chi connectivity index (χ1) is 9.65. The third-order valence-corrected chi connectivity index (χ3v) is 3.64. The van der Waals surface area contributed by atoms with Crippen LogP contribution < -0.4 is 4.74 Å². The molecule has 1 aliphatic rings. The van der Waals surface area contributed by atoms with E-state index < -0.39 is 0 Å². The molecule has 2 heterocycles. The molecule has 0 N–H and O–H groups in total. The predicted molar refractivity (Wildman–Crippen MR) is 77.1 cm³/mol. The molecule has 4 nitrogen and oxygen atoms in total. The molecule has 0 spiro atoms. The van der Waals surface area contributed by atoms with Crippen LogP contribution in [0.15, 0.2) is 36.5 Å². The number of aryl methyl sites for hydroxylation is 1. The normalized spacial score (nSPS) is 14.4. The number of aromatic nitrogens is 1. The van der Waals surface area contributed by atoms with E-state index in [4.69, 9.17) is 16.3 Å². The Balaban J connectivity index is 1.88. The van der Waals surface area contributed by atoms with Gasteiger partial charge >= 0.3 is 0 Å². The fourth-order valence-corrected chi connectivity index (χ4v) is 2.65. The van der Waals surface area contributed by atoms with Gasteiger partial charge < -0.3 is 14.2 Å². The number of benzene rings is 1. The van der Waals surface area contributed by atoms with Gasteiger partial charge in [0.15, 0.2) is 0 Å². The van der Waals surface area contributed by atoms with Crippen LogP contribution in [0.5, 0.6) is 5.75 Å². The highest BCUT2D eigenvalue weighted by atomic mass is 35.5. The Kier molecular flexibility index (Phi) is 3.40. The fraction of sp³-hybridized carbons (Fsp3) is 0.267. The average Bonchev–Trinajstić information content (AvgIpc) is 2.65. The van der Waals surface area contributed by atoms with E-state index in [2.05, 4.69) is 0 Å². The molecule has 104 valence electrons. The van der Waals surface area contributed by atoms with E-state index in [0.717, 1.165) is 11.3 Å². The molecule has 20 heavy (non-hydrogen) atoms. The van der Waals surface area contributed by atoms with E-state index in [1.165, 1.54) is 0 Å². The molecule has 3 rings (SSSR count). The molecule has 0 saturated carbocycles. The maximum absolute atomic E-state index is 12.6. The zero-order valence-corrected chi connectivity index (χ0v) is 11.9. The number of nitrogens with zero attached hydrogens (tertiary/aromatic N) is 2. The van der Waals surface area contributed by atoms with E-state index >= 15 is 0 Å². The standard InChI is InChI=1S/C15H15ClN2O2/c1-17-10-12(16)8-13(17)15(19)18-6-7-20-14-5-3-2-4-11(14)9-18/h2-5,8,10H,6-7,9H2,1H3. The largest absolute Gasteiger partial charge is 0.491 e. The molecule has 5 heteroatoms. The summed E-state index contributed by atoms with van der Waals surface area (Å²) in [4.78, 5) is 14.4. The number of para-hydroxylation sites is 1. The Morgan fingerprint density at radius 1 is 1.35 bits per heavy atom. The van der Waals surface area contributed by atoms with Crippen molar-refractivity contribution in [1.82, 2.24) is 9.47 Å². The van der Waals surface area contributed by atoms with Gasteiger partial charge in [-0.2, -0.15) is 0 Å². The summed E-state index contributed by atoms with van der Waals surface area (Å²) in [6.07, 6.45) is 1.73. The van der Waals surface area contributed by atoms with Gasteiger partial charge in [0.1, 0.15) is 18.1 Å². The van der Waals surface area contributed by atoms with Crippen LogP contribution in [0.3, 0.4) is 0 Å². The van der Waals surface area contributed by atoms with E-state index in [1.54, 1.807) is 21.7 Å². The molecule has 1 aromatic carbocycles. The minimum atomic E-state index is -0.0281. The highest BCUT2D eigenvalue weighted by molar-refractivity contribution is 6.31. The zero-order chi connectivity index (χ0) is 14.1. The Morgan fingerprint density at radius 3 is 2.90 bits per heavy atom. The van der Waals surface area contributed by atoms with Crippen LogP contribution in [0.4, 0.5) is 0 Å². The van der Waals surface area contributed by atoms with Crippen molar-refractivity contribution in [2.75, 3.05) is 13.2 Å². The predicted octanol–water partition coefficient (Wildman–Crippen LogP) is 2.71. The van der Waals surface area contributed by atoms with E-state index in [-0.39, 0.29) is 5.91 Å². The number of halogens is 1. The van der Waals surface area contributed by atoms with Gasteiger partial charge in [-0.1, -0.05) is 29.8 Å². The summed E-state index contributed by atoms with van der Waals surface area (Å²) in [5.74, 6) is 0.826. The molecule has 0 fully saturated rings. The monoisotopic (exact) mass is 290 g/mol. The molecule has 0 aliphatic carbocycles. The number of rotatable bonds is 1. The number of carbonyl (C=O) groups excluding carboxylic acids is 1. The van der Waals surface area contributed by atoms with Crippen molar-refractivity contribution in [3.8, 4) is 5.75 Å². The lowest BCUT2D eigenvalue weighted by molar-refractivity contribution is 0.0723. The van der Waals surface area contributed by atoms with Crippen LogP contribution in [0, 0.1) is 0 Å². The van der Waals surface area contributed by atoms with Crippen molar-refractivity contribution in [3.63, 3.8) is 0 Å². The second-order valence-electron chi connectivity index (χ2n) is 4.84. The van der Waals surface area contributed by atoms with Crippen LogP contribution in [0.1, 0.15) is 16.1 Å². The molecule has 0 bridgehead atoms. The summed E-state index contributed by atoms with van der Waals surface area (Å²) in [6, 6.07) is 9.51. The Bertz CT molecular complexity index is 651. The molecular weight excluding hydrogens is 276 g/mol. The number of carbonyl (C=O) groups is 1. The first-order valence-electron chi connectivity index (χ1n) is 6.47. The molecule has 0 atom stereocenters. The highest BCUT2D eigenvalue weighted by Crippen LogP contribution is 2.24. The van der Waals surface area contributed by atoms with Gasteiger partial charge in [0.05, 0.1) is 11.6 Å². The molecular formula is C15H15ClN2O2. The van der Waals surface area contributed by atoms with Crippen molar-refractivity contribution >= 4 is 17.5 Å². The van der Waals surface area contributed by atoms with Gasteiger partial charge in [0.2, 0.25) is 0 Å². The van der Waals surface area contributed by atoms with Gasteiger partial charge in [0, 0.05) is 25.4 Å². The number of hydrogen-bond donors (Lipinski definition) is 0. The molecule has 1 aromatic heterocycles. The van der Waals surface area contributed by atoms with Gasteiger partial charge in [-0.25, -0.2) is 0 Å². The third kappa shape index (κ3) is 2.39. The summed E-state index contributed by atoms with van der Waals surface area (Å²) in [7, 11) is 1.82. The number of fused-ring (bicyclic) bond motifs is 1. The van der Waals surface area contributed by atoms with Crippen LogP contribution in [-0.4, -0.2) is 28.5 Å². The maximum atomic E-state index is 12.6. The second kappa shape index (κ2) is 5.21. The van der Waals surface area contributed by atoms with Crippen molar-refractivity contribution in [2.24, 2.45) is 7.05 Å². The van der Waals surface area contributed by atoms with Crippen LogP contribution in [0.2, 0.25) is 5.02 Å². The Morgan fingerprint density at radius 2 is 2.15 bits per heavy atom. The average molecular weight is 291 g/mol. The lowest BCUT2D eigenvalue weighted by Crippen LogP contribution is -2.33. The number of amides is 1. The first kappa shape index (κ1) is 13.1. The number of ether oxygens (including phenoxy) is 1. The first-order valence-corrected chi connectivity index (χ1v) is 6.85. The van der Waals surface area contributed by atoms with Crippen molar-refractivity contribution in [1.29, 1.82) is 0 Å². The van der Waals surface area contributed by atoms with Gasteiger partial charge in [-0.05, 0) is 12.1 Å². The smallest absolute Gasteiger partial charge is 0.270 e. The molecule has 1 amide bonds. The van der Waals surface area contributed by atoms with E-state index in [1.807, 2.05) is 31.3 Å². The molecule has 0 saturated heterocycles. The molecule has 0 radical (unpaired) electrons. The minimum Gasteiger partial charge on any atom is -0.491 e. The lowest BCUT2D eigenvalue weighted by atomic mass is 10.2. The number of hydrogen-bond acceptors (Lipinski definition) is 2. The van der Waals surface area contributed by atoms with Crippen LogP contribution in [-0.2, 0) is 13.6 Å². The summed E-state index contributed by atoms with van der Waals surface area (Å²) >= 11 is 5.95. The van der Waals surface area contributed by atoms with Crippen molar-refractivity contribution in [2.45, 2.75) is 6.54 Å². The quantitative estimate of drug-likeness (QED) is 0.809. The van der Waals surface area contributed by atoms with Crippen molar-refractivity contribution < 1.29 is 9.53 Å². The maximum Gasteiger partial charge on any atom is 0.270 e. The summed E-state index contributed by atoms with van der Waals surface area (Å²) in [6.45, 7) is 1.62. The van der Waals surface area contributed by atoms with Gasteiger partial charge in [-0.3, -0.25) is 4.79 Å². The van der Waals surface area contributed by atoms with E-state index in [9.17, 15) is 4.79 Å². The minimum absolute atomic E-state index is 0.0281. The summed E-state index contributed by atoms with van der Waals surface area (Å²) < 4.78 is 7.43. The second-order valence-corrected chi connectivity index (χ2v) is 5.27. The SMILES string of the molecule is Cn1cc(Cl)cc1C(=O)N1CCOc2ccccc2C1. The molecule has 1 aliphatic heterocycles. The summed E-state index contributed by atoms with van der Waals surface area (Å²) in [5, 5.41) is 0.572. The van der Waals surface area contributed by atoms with Gasteiger partial charge in [0.25, 0.3) is 5.91 Å². The van der Waals surface area contributed by atoms with E-state index in [0.29, 0.717) is 30.4 Å². The van der Waals surface area contributed by atoms with Crippen LogP contribution >= 0.6 is 11.6 Å². The summed E-state index contributed by atoms with van der Waals surface area (Å²) in [5.41, 5.74) is 1.62. The third-order valence-electron chi connectivity index (χ3n) is 3.43.